The minimum absolute atomic E-state index is 0.295. The van der Waals surface area contributed by atoms with Crippen LogP contribution in [0.4, 0.5) is 0 Å². The van der Waals surface area contributed by atoms with Crippen molar-refractivity contribution in [2.75, 3.05) is 12.5 Å². The predicted octanol–water partition coefficient (Wildman–Crippen LogP) is 6.34. The van der Waals surface area contributed by atoms with Crippen molar-refractivity contribution in [2.45, 2.75) is 92.1 Å². The largest absolute Gasteiger partial charge is 0.371 e. The quantitative estimate of drug-likeness (QED) is 0.276. The van der Waals surface area contributed by atoms with Crippen LogP contribution in [-0.4, -0.2) is 18.6 Å². The van der Waals surface area contributed by atoms with Gasteiger partial charge in [-0.25, -0.2) is 0 Å². The van der Waals surface area contributed by atoms with Crippen LogP contribution in [0.25, 0.3) is 0 Å². The molecule has 0 radical (unpaired) electrons. The highest BCUT2D eigenvalue weighted by Crippen LogP contribution is 2.26. The lowest BCUT2D eigenvalue weighted by Crippen LogP contribution is -2.18. The minimum atomic E-state index is -1.52. The molecule has 0 heterocycles. The van der Waals surface area contributed by atoms with Crippen LogP contribution < -0.4 is 0 Å². The monoisotopic (exact) mass is 318 g/mol. The van der Waals surface area contributed by atoms with E-state index in [-0.39, 0.29) is 0 Å². The standard InChI is InChI=1S/C18H39O2P/c1-6-7-8-9-10-11-12-21(19)15-20-18(13-16(2)3)14-17(4)5/h16-18,21H,6-15H2,1-5H3. The van der Waals surface area contributed by atoms with Crippen molar-refractivity contribution in [2.24, 2.45) is 11.8 Å². The van der Waals surface area contributed by atoms with E-state index in [0.717, 1.165) is 25.4 Å². The Morgan fingerprint density at radius 1 is 0.857 bits per heavy atom. The molecule has 0 aliphatic carbocycles. The second kappa shape index (κ2) is 13.8. The molecular formula is C18H39O2P. The molecule has 0 aliphatic rings. The maximum Gasteiger partial charge on any atom is 0.101 e. The van der Waals surface area contributed by atoms with E-state index in [0.29, 0.717) is 24.3 Å². The van der Waals surface area contributed by atoms with Gasteiger partial charge >= 0.3 is 0 Å². The van der Waals surface area contributed by atoms with E-state index >= 15 is 0 Å². The summed E-state index contributed by atoms with van der Waals surface area (Å²) in [5.41, 5.74) is 0. The summed E-state index contributed by atoms with van der Waals surface area (Å²) in [6.45, 7) is 11.2. The highest BCUT2D eigenvalue weighted by molar-refractivity contribution is 7.44. The molecule has 1 unspecified atom stereocenters. The van der Waals surface area contributed by atoms with Gasteiger partial charge in [-0.1, -0.05) is 66.7 Å². The molecule has 0 amide bonds. The van der Waals surface area contributed by atoms with Gasteiger partial charge in [0.05, 0.1) is 12.5 Å². The van der Waals surface area contributed by atoms with Gasteiger partial charge in [0, 0.05) is 6.16 Å². The summed E-state index contributed by atoms with van der Waals surface area (Å²) in [4.78, 5) is 0. The average molecular weight is 318 g/mol. The van der Waals surface area contributed by atoms with Crippen LogP contribution in [-0.2, 0) is 9.30 Å². The Labute approximate surface area is 134 Å². The first-order chi connectivity index (χ1) is 9.95. The first-order valence-corrected chi connectivity index (χ1v) is 10.9. The highest BCUT2D eigenvalue weighted by atomic mass is 31.1. The zero-order valence-corrected chi connectivity index (χ0v) is 16.1. The first-order valence-electron chi connectivity index (χ1n) is 9.09. The molecule has 128 valence electrons. The molecule has 2 nitrogen and oxygen atoms in total. The molecule has 21 heavy (non-hydrogen) atoms. The number of ether oxygens (including phenoxy) is 1. The van der Waals surface area contributed by atoms with Crippen molar-refractivity contribution in [1.82, 2.24) is 0 Å². The summed E-state index contributed by atoms with van der Waals surface area (Å²) in [5, 5.41) is 0. The number of hydrogen-bond donors (Lipinski definition) is 0. The summed E-state index contributed by atoms with van der Waals surface area (Å²) in [5.74, 6) is 1.30. The molecule has 0 aliphatic heterocycles. The van der Waals surface area contributed by atoms with Gasteiger partial charge in [-0.15, -0.1) is 0 Å². The molecule has 0 fully saturated rings. The lowest BCUT2D eigenvalue weighted by atomic mass is 9.98. The summed E-state index contributed by atoms with van der Waals surface area (Å²) in [7, 11) is -1.52. The Bertz CT molecular complexity index is 242. The van der Waals surface area contributed by atoms with E-state index in [9.17, 15) is 4.57 Å². The Morgan fingerprint density at radius 2 is 1.38 bits per heavy atom. The Morgan fingerprint density at radius 3 is 1.90 bits per heavy atom. The zero-order chi connectivity index (χ0) is 16.1. The molecule has 0 saturated heterocycles. The van der Waals surface area contributed by atoms with E-state index in [4.69, 9.17) is 4.74 Å². The van der Waals surface area contributed by atoms with Gasteiger partial charge in [0.2, 0.25) is 0 Å². The van der Waals surface area contributed by atoms with Crippen LogP contribution in [0.2, 0.25) is 0 Å². The molecule has 0 aromatic heterocycles. The van der Waals surface area contributed by atoms with Gasteiger partial charge in [0.1, 0.15) is 7.80 Å². The van der Waals surface area contributed by atoms with E-state index in [1.807, 2.05) is 0 Å². The fraction of sp³-hybridized carbons (Fsp3) is 1.00. The molecule has 0 N–H and O–H groups in total. The van der Waals surface area contributed by atoms with Crippen molar-refractivity contribution in [3.8, 4) is 0 Å². The molecular weight excluding hydrogens is 279 g/mol. The summed E-state index contributed by atoms with van der Waals surface area (Å²) >= 11 is 0. The smallest absolute Gasteiger partial charge is 0.101 e. The van der Waals surface area contributed by atoms with Gasteiger partial charge < -0.3 is 9.30 Å². The second-order valence-electron chi connectivity index (χ2n) is 7.25. The Kier molecular flexibility index (Phi) is 14.0. The van der Waals surface area contributed by atoms with Crippen molar-refractivity contribution in [3.05, 3.63) is 0 Å². The van der Waals surface area contributed by atoms with Crippen LogP contribution in [0, 0.1) is 11.8 Å². The van der Waals surface area contributed by atoms with Gasteiger partial charge in [-0.3, -0.25) is 0 Å². The van der Waals surface area contributed by atoms with E-state index in [1.54, 1.807) is 0 Å². The highest BCUT2D eigenvalue weighted by Gasteiger charge is 2.14. The van der Waals surface area contributed by atoms with Crippen LogP contribution >= 0.6 is 7.80 Å². The van der Waals surface area contributed by atoms with E-state index in [1.165, 1.54) is 32.1 Å². The Hall–Kier alpha value is 0.190. The number of hydrogen-bond acceptors (Lipinski definition) is 2. The van der Waals surface area contributed by atoms with E-state index < -0.39 is 7.80 Å². The molecule has 1 atom stereocenters. The maximum atomic E-state index is 12.1. The molecule has 0 spiro atoms. The van der Waals surface area contributed by atoms with Crippen molar-refractivity contribution in [1.29, 1.82) is 0 Å². The van der Waals surface area contributed by atoms with Gasteiger partial charge in [0.25, 0.3) is 0 Å². The summed E-state index contributed by atoms with van der Waals surface area (Å²) in [6, 6.07) is 0. The second-order valence-corrected chi connectivity index (χ2v) is 9.11. The molecule has 0 saturated carbocycles. The van der Waals surface area contributed by atoms with Crippen molar-refractivity contribution in [3.63, 3.8) is 0 Å². The lowest BCUT2D eigenvalue weighted by molar-refractivity contribution is 0.0539. The van der Waals surface area contributed by atoms with Crippen LogP contribution in [0.1, 0.15) is 86.0 Å². The third-order valence-electron chi connectivity index (χ3n) is 3.76. The fourth-order valence-corrected chi connectivity index (χ4v) is 3.88. The first kappa shape index (κ1) is 21.2. The van der Waals surface area contributed by atoms with Crippen LogP contribution in [0.15, 0.2) is 0 Å². The van der Waals surface area contributed by atoms with Crippen LogP contribution in [0.3, 0.4) is 0 Å². The third-order valence-corrected chi connectivity index (χ3v) is 5.16. The normalized spacial score (nSPS) is 13.5. The zero-order valence-electron chi connectivity index (χ0n) is 15.1. The summed E-state index contributed by atoms with van der Waals surface area (Å²) < 4.78 is 18.0. The molecule has 3 heteroatoms. The van der Waals surface area contributed by atoms with Gasteiger partial charge in [-0.2, -0.15) is 0 Å². The topological polar surface area (TPSA) is 26.3 Å². The fourth-order valence-electron chi connectivity index (χ4n) is 2.67. The SMILES string of the molecule is CCCCCCCC[PH](=O)COC(CC(C)C)CC(C)C. The lowest BCUT2D eigenvalue weighted by Gasteiger charge is -2.21. The molecule has 0 aromatic rings. The average Bonchev–Trinajstić information content (AvgIpc) is 2.38. The number of unbranched alkanes of at least 4 members (excludes halogenated alkanes) is 5. The van der Waals surface area contributed by atoms with Gasteiger partial charge in [-0.05, 0) is 31.1 Å². The molecule has 0 bridgehead atoms. The minimum Gasteiger partial charge on any atom is -0.371 e. The molecule has 0 rings (SSSR count). The predicted molar refractivity (Wildman–Crippen MR) is 95.9 cm³/mol. The maximum absolute atomic E-state index is 12.1. The number of rotatable bonds is 14. The van der Waals surface area contributed by atoms with Crippen molar-refractivity contribution < 1.29 is 9.30 Å². The third kappa shape index (κ3) is 14.9. The van der Waals surface area contributed by atoms with Crippen LogP contribution in [0.5, 0.6) is 0 Å². The van der Waals surface area contributed by atoms with Gasteiger partial charge in [0.15, 0.2) is 0 Å². The molecule has 0 aromatic carbocycles. The van der Waals surface area contributed by atoms with Crippen molar-refractivity contribution >= 4 is 7.80 Å². The van der Waals surface area contributed by atoms with E-state index in [2.05, 4.69) is 34.6 Å². The summed E-state index contributed by atoms with van der Waals surface area (Å²) in [6.07, 6.45) is 11.5. The Balaban J connectivity index is 3.75.